The summed E-state index contributed by atoms with van der Waals surface area (Å²) in [6, 6.07) is 10.7. The summed E-state index contributed by atoms with van der Waals surface area (Å²) >= 11 is 0. The van der Waals surface area contributed by atoms with Crippen molar-refractivity contribution in [2.24, 2.45) is 0 Å². The van der Waals surface area contributed by atoms with Crippen molar-refractivity contribution in [1.82, 2.24) is 0 Å². The lowest BCUT2D eigenvalue weighted by atomic mass is 10.2. The van der Waals surface area contributed by atoms with Crippen LogP contribution in [0.3, 0.4) is 0 Å². The number of rotatable bonds is 2. The summed E-state index contributed by atoms with van der Waals surface area (Å²) in [6.07, 6.45) is -3.39. The third kappa shape index (κ3) is 3.09. The van der Waals surface area contributed by atoms with Crippen molar-refractivity contribution in [1.29, 1.82) is 0 Å². The Morgan fingerprint density at radius 3 is 2.25 bits per heavy atom. The lowest BCUT2D eigenvalue weighted by Gasteiger charge is -2.09. The number of alkyl halides is 3. The number of benzene rings is 2. The molecule has 0 aliphatic heterocycles. The molecule has 0 aromatic heterocycles. The van der Waals surface area contributed by atoms with Crippen LogP contribution in [0.4, 0.5) is 18.9 Å². The highest BCUT2D eigenvalue weighted by atomic mass is 19.4. The zero-order chi connectivity index (χ0) is 14.8. The average molecular weight is 281 g/mol. The first kappa shape index (κ1) is 13.9. The predicted molar refractivity (Wildman–Crippen MR) is 68.0 cm³/mol. The first-order valence-electron chi connectivity index (χ1n) is 5.64. The Hall–Kier alpha value is -2.50. The van der Waals surface area contributed by atoms with Crippen LogP contribution in [-0.2, 0) is 6.18 Å². The lowest BCUT2D eigenvalue weighted by Crippen LogP contribution is -2.05. The fourth-order valence-corrected chi connectivity index (χ4v) is 1.63. The molecule has 0 aliphatic carbocycles. The van der Waals surface area contributed by atoms with Gasteiger partial charge in [-0.2, -0.15) is 17.9 Å². The summed E-state index contributed by atoms with van der Waals surface area (Å²) in [5.74, 6) is -0.720. The Labute approximate surface area is 112 Å². The van der Waals surface area contributed by atoms with Gasteiger partial charge in [0.1, 0.15) is 0 Å². The maximum Gasteiger partial charge on any atom is 0.416 e. The van der Waals surface area contributed by atoms with E-state index in [9.17, 15) is 23.5 Å². The summed E-state index contributed by atoms with van der Waals surface area (Å²) in [5.41, 5.74) is -0.685. The van der Waals surface area contributed by atoms with Gasteiger partial charge in [0.2, 0.25) is 0 Å². The molecule has 0 bridgehead atoms. The molecular weight excluding hydrogens is 271 g/mol. The molecule has 0 aliphatic rings. The van der Waals surface area contributed by atoms with Gasteiger partial charge >= 0.3 is 6.18 Å². The molecule has 0 unspecified atom stereocenters. The quantitative estimate of drug-likeness (QED) is 0.395. The Morgan fingerprint density at radius 1 is 1.05 bits per heavy atom. The molecule has 2 aromatic carbocycles. The van der Waals surface area contributed by atoms with E-state index in [1.807, 2.05) is 0 Å². The molecule has 0 amide bonds. The molecule has 0 atom stereocenters. The topological polar surface area (TPSA) is 46.3 Å². The summed E-state index contributed by atoms with van der Waals surface area (Å²) in [5, 5.41) is 21.4. The van der Waals surface area contributed by atoms with Gasteiger partial charge < -0.3 is 10.3 Å². The maximum absolute atomic E-state index is 12.4. The largest absolute Gasteiger partial charge is 0.618 e. The molecule has 20 heavy (non-hydrogen) atoms. The molecule has 2 rings (SSSR count). The second-order valence-electron chi connectivity index (χ2n) is 4.07. The number of hydrogen-bond acceptors (Lipinski definition) is 2. The summed E-state index contributed by atoms with van der Waals surface area (Å²) in [4.78, 5) is 0. The van der Waals surface area contributed by atoms with Crippen LogP contribution in [0, 0.1) is 5.21 Å². The van der Waals surface area contributed by atoms with Crippen LogP contribution >= 0.6 is 0 Å². The molecule has 0 saturated carbocycles. The minimum absolute atomic E-state index is 0.248. The molecule has 1 N–H and O–H groups in total. The van der Waals surface area contributed by atoms with Crippen LogP contribution in [0.15, 0.2) is 48.5 Å². The minimum atomic E-state index is -4.56. The van der Waals surface area contributed by atoms with E-state index < -0.39 is 17.5 Å². The van der Waals surface area contributed by atoms with Gasteiger partial charge in [-0.05, 0) is 24.3 Å². The highest BCUT2D eigenvalue weighted by molar-refractivity contribution is 5.76. The molecule has 3 nitrogen and oxygen atoms in total. The van der Waals surface area contributed by atoms with E-state index >= 15 is 0 Å². The SMILES string of the molecule is [O-][N+](=Cc1ccccc1)c1ccc(C(F)(F)F)cc1O. The molecule has 0 spiro atoms. The zero-order valence-corrected chi connectivity index (χ0v) is 10.1. The van der Waals surface area contributed by atoms with Crippen molar-refractivity contribution in [2.45, 2.75) is 6.18 Å². The van der Waals surface area contributed by atoms with Crippen LogP contribution in [0.25, 0.3) is 0 Å². The lowest BCUT2D eigenvalue weighted by molar-refractivity contribution is -0.355. The smallest absolute Gasteiger partial charge is 0.416 e. The monoisotopic (exact) mass is 281 g/mol. The van der Waals surface area contributed by atoms with Gasteiger partial charge in [-0.25, -0.2) is 0 Å². The van der Waals surface area contributed by atoms with Crippen LogP contribution < -0.4 is 0 Å². The van der Waals surface area contributed by atoms with Crippen molar-refractivity contribution in [3.05, 3.63) is 64.9 Å². The third-order valence-corrected chi connectivity index (χ3v) is 2.61. The van der Waals surface area contributed by atoms with E-state index in [1.54, 1.807) is 30.3 Å². The Morgan fingerprint density at radius 2 is 1.70 bits per heavy atom. The van der Waals surface area contributed by atoms with E-state index in [0.29, 0.717) is 16.4 Å². The Balaban J connectivity index is 2.37. The normalized spacial score (nSPS) is 12.4. The first-order valence-corrected chi connectivity index (χ1v) is 5.64. The molecular formula is C14H10F3NO2. The third-order valence-electron chi connectivity index (χ3n) is 2.61. The zero-order valence-electron chi connectivity index (χ0n) is 10.1. The van der Waals surface area contributed by atoms with Crippen molar-refractivity contribution in [3.8, 4) is 5.75 Å². The first-order chi connectivity index (χ1) is 9.38. The number of nitrogens with zero attached hydrogens (tertiary/aromatic N) is 1. The van der Waals surface area contributed by atoms with E-state index in [2.05, 4.69) is 0 Å². The van der Waals surface area contributed by atoms with E-state index in [1.165, 1.54) is 6.21 Å². The van der Waals surface area contributed by atoms with E-state index in [4.69, 9.17) is 0 Å². The van der Waals surface area contributed by atoms with Gasteiger partial charge in [-0.15, -0.1) is 0 Å². The highest BCUT2D eigenvalue weighted by Gasteiger charge is 2.31. The predicted octanol–water partition coefficient (Wildman–Crippen LogP) is 3.67. The van der Waals surface area contributed by atoms with Crippen LogP contribution in [-0.4, -0.2) is 16.1 Å². The fraction of sp³-hybridized carbons (Fsp3) is 0.0714. The van der Waals surface area contributed by atoms with Crippen molar-refractivity contribution < 1.29 is 23.0 Å². The van der Waals surface area contributed by atoms with E-state index in [-0.39, 0.29) is 5.69 Å². The maximum atomic E-state index is 12.4. The van der Waals surface area contributed by atoms with E-state index in [0.717, 1.165) is 12.1 Å². The molecule has 0 heterocycles. The van der Waals surface area contributed by atoms with Crippen molar-refractivity contribution >= 4 is 11.9 Å². The second kappa shape index (κ2) is 5.24. The van der Waals surface area contributed by atoms with Crippen LogP contribution in [0.1, 0.15) is 11.1 Å². The fourth-order valence-electron chi connectivity index (χ4n) is 1.63. The van der Waals surface area contributed by atoms with Crippen molar-refractivity contribution in [2.75, 3.05) is 0 Å². The molecule has 0 radical (unpaired) electrons. The molecule has 6 heteroatoms. The van der Waals surface area contributed by atoms with Gasteiger partial charge in [-0.3, -0.25) is 0 Å². The van der Waals surface area contributed by atoms with Gasteiger partial charge in [-0.1, -0.05) is 18.2 Å². The number of halogens is 3. The molecule has 0 fully saturated rings. The van der Waals surface area contributed by atoms with Gasteiger partial charge in [0.25, 0.3) is 5.69 Å². The minimum Gasteiger partial charge on any atom is -0.618 e. The summed E-state index contributed by atoms with van der Waals surface area (Å²) in [6.45, 7) is 0. The second-order valence-corrected chi connectivity index (χ2v) is 4.07. The summed E-state index contributed by atoms with van der Waals surface area (Å²) in [7, 11) is 0. The van der Waals surface area contributed by atoms with Gasteiger partial charge in [0, 0.05) is 11.6 Å². The standard InChI is InChI=1S/C14H10F3NO2/c15-14(16,17)11-6-7-12(13(19)8-11)18(20)9-10-4-2-1-3-5-10/h1-9,19H. The van der Waals surface area contributed by atoms with Crippen LogP contribution in [0.2, 0.25) is 0 Å². The Bertz CT molecular complexity index is 637. The highest BCUT2D eigenvalue weighted by Crippen LogP contribution is 2.35. The number of hydrogen-bond donors (Lipinski definition) is 1. The van der Waals surface area contributed by atoms with Crippen molar-refractivity contribution in [3.63, 3.8) is 0 Å². The molecule has 104 valence electrons. The summed E-state index contributed by atoms with van der Waals surface area (Å²) < 4.78 is 37.6. The number of phenolic OH excluding ortho intramolecular Hbond substituents is 1. The van der Waals surface area contributed by atoms with Gasteiger partial charge in [0.05, 0.1) is 5.56 Å². The average Bonchev–Trinajstić information content (AvgIpc) is 2.38. The number of aromatic hydroxyl groups is 1. The van der Waals surface area contributed by atoms with Crippen LogP contribution in [0.5, 0.6) is 5.75 Å². The molecule has 0 saturated heterocycles. The van der Waals surface area contributed by atoms with Gasteiger partial charge in [0.15, 0.2) is 12.0 Å². The Kier molecular flexibility index (Phi) is 3.65. The number of phenols is 1. The molecule has 2 aromatic rings.